The fourth-order valence-corrected chi connectivity index (χ4v) is 3.37. The van der Waals surface area contributed by atoms with Crippen LogP contribution < -0.4 is 4.74 Å². The van der Waals surface area contributed by atoms with E-state index < -0.39 is 0 Å². The van der Waals surface area contributed by atoms with E-state index in [1.54, 1.807) is 12.4 Å². The lowest BCUT2D eigenvalue weighted by molar-refractivity contribution is -0.193. The topological polar surface area (TPSA) is 64.6 Å². The molecule has 0 aliphatic carbocycles. The summed E-state index contributed by atoms with van der Waals surface area (Å²) in [6.45, 7) is 8.22. The number of rotatable bonds is 5. The van der Waals surface area contributed by atoms with Crippen molar-refractivity contribution in [1.82, 2.24) is 14.9 Å². The zero-order valence-electron chi connectivity index (χ0n) is 14.8. The van der Waals surface area contributed by atoms with Gasteiger partial charge in [-0.1, -0.05) is 13.8 Å². The van der Waals surface area contributed by atoms with Gasteiger partial charge in [0.1, 0.15) is 11.7 Å². The number of hydrogen-bond acceptors (Lipinski definition) is 5. The number of likely N-dealkylation sites (tertiary alicyclic amines) is 1. The van der Waals surface area contributed by atoms with E-state index in [4.69, 9.17) is 9.47 Å². The van der Waals surface area contributed by atoms with Crippen LogP contribution in [0.15, 0.2) is 12.4 Å². The summed E-state index contributed by atoms with van der Waals surface area (Å²) in [4.78, 5) is 22.6. The number of hydrogen-bond donors (Lipinski definition) is 0. The van der Waals surface area contributed by atoms with Crippen molar-refractivity contribution in [3.05, 3.63) is 18.1 Å². The lowest BCUT2D eigenvalue weighted by Crippen LogP contribution is -2.67. The highest BCUT2D eigenvalue weighted by Gasteiger charge is 2.49. The molecule has 132 valence electrons. The summed E-state index contributed by atoms with van der Waals surface area (Å²) in [5, 5.41) is 0. The molecule has 6 nitrogen and oxygen atoms in total. The molecule has 1 spiro atoms. The first-order chi connectivity index (χ1) is 11.5. The van der Waals surface area contributed by atoms with E-state index in [9.17, 15) is 4.79 Å². The smallest absolute Gasteiger partial charge is 0.232 e. The molecule has 1 amide bonds. The SMILES string of the molecule is Cc1cncc(OC2CCOC3(C2)CN(C(=O)CCC(C)C)C3)n1. The van der Waals surface area contributed by atoms with Gasteiger partial charge in [0.2, 0.25) is 11.8 Å². The van der Waals surface area contributed by atoms with Gasteiger partial charge in [0.15, 0.2) is 0 Å². The van der Waals surface area contributed by atoms with Gasteiger partial charge in [-0.05, 0) is 19.3 Å². The maximum Gasteiger partial charge on any atom is 0.232 e. The van der Waals surface area contributed by atoms with Gasteiger partial charge in [0.25, 0.3) is 0 Å². The van der Waals surface area contributed by atoms with Crippen molar-refractivity contribution in [2.24, 2.45) is 5.92 Å². The first kappa shape index (κ1) is 17.1. The molecule has 3 rings (SSSR count). The van der Waals surface area contributed by atoms with Gasteiger partial charge >= 0.3 is 0 Å². The van der Waals surface area contributed by atoms with Crippen LogP contribution in [0, 0.1) is 12.8 Å². The van der Waals surface area contributed by atoms with Crippen molar-refractivity contribution in [2.45, 2.75) is 58.2 Å². The molecule has 0 aromatic carbocycles. The largest absolute Gasteiger partial charge is 0.473 e. The van der Waals surface area contributed by atoms with Crippen molar-refractivity contribution < 1.29 is 14.3 Å². The third-order valence-corrected chi connectivity index (χ3v) is 4.71. The van der Waals surface area contributed by atoms with E-state index in [2.05, 4.69) is 23.8 Å². The Kier molecular flexibility index (Phi) is 5.04. The van der Waals surface area contributed by atoms with Crippen molar-refractivity contribution >= 4 is 5.91 Å². The minimum absolute atomic E-state index is 0.0720. The second-order valence-electron chi connectivity index (χ2n) is 7.45. The molecule has 2 aliphatic heterocycles. The Hall–Kier alpha value is -1.69. The van der Waals surface area contributed by atoms with Gasteiger partial charge in [-0.2, -0.15) is 0 Å². The summed E-state index contributed by atoms with van der Waals surface area (Å²) < 4.78 is 12.0. The molecular formula is C18H27N3O3. The van der Waals surface area contributed by atoms with Gasteiger partial charge in [-0.15, -0.1) is 0 Å². The molecule has 0 saturated carbocycles. The molecule has 1 aromatic rings. The molecule has 1 aromatic heterocycles. The highest BCUT2D eigenvalue weighted by atomic mass is 16.5. The lowest BCUT2D eigenvalue weighted by atomic mass is 9.84. The first-order valence-electron chi connectivity index (χ1n) is 8.83. The Morgan fingerprint density at radius 3 is 2.96 bits per heavy atom. The van der Waals surface area contributed by atoms with E-state index in [0.29, 0.717) is 37.9 Å². The van der Waals surface area contributed by atoms with Crippen molar-refractivity contribution in [3.8, 4) is 5.88 Å². The van der Waals surface area contributed by atoms with E-state index in [1.807, 2.05) is 11.8 Å². The maximum absolute atomic E-state index is 12.2. The van der Waals surface area contributed by atoms with Crippen LogP contribution in [0.4, 0.5) is 0 Å². The average Bonchev–Trinajstić information content (AvgIpc) is 2.50. The van der Waals surface area contributed by atoms with Gasteiger partial charge in [0.05, 0.1) is 31.6 Å². The maximum atomic E-state index is 12.2. The average molecular weight is 333 g/mol. The van der Waals surface area contributed by atoms with Crippen LogP contribution in [-0.4, -0.2) is 52.2 Å². The van der Waals surface area contributed by atoms with Crippen molar-refractivity contribution in [3.63, 3.8) is 0 Å². The third-order valence-electron chi connectivity index (χ3n) is 4.71. The van der Waals surface area contributed by atoms with Crippen LogP contribution >= 0.6 is 0 Å². The number of carbonyl (C=O) groups is 1. The Morgan fingerprint density at radius 2 is 2.25 bits per heavy atom. The molecule has 24 heavy (non-hydrogen) atoms. The van der Waals surface area contributed by atoms with Crippen molar-refractivity contribution in [1.29, 1.82) is 0 Å². The molecule has 3 heterocycles. The monoisotopic (exact) mass is 333 g/mol. The van der Waals surface area contributed by atoms with E-state index in [1.165, 1.54) is 0 Å². The normalized spacial score (nSPS) is 22.5. The summed E-state index contributed by atoms with van der Waals surface area (Å²) in [6.07, 6.45) is 6.66. The fraction of sp³-hybridized carbons (Fsp3) is 0.722. The lowest BCUT2D eigenvalue weighted by Gasteiger charge is -2.52. The standard InChI is InChI=1S/C18H27N3O3/c1-13(2)4-5-17(22)21-11-18(12-21)8-15(6-7-23-18)24-16-10-19-9-14(3)20-16/h9-10,13,15H,4-8,11-12H2,1-3H3. The fourth-order valence-electron chi connectivity index (χ4n) is 3.37. The van der Waals surface area contributed by atoms with E-state index >= 15 is 0 Å². The molecule has 0 N–H and O–H groups in total. The van der Waals surface area contributed by atoms with Gasteiger partial charge in [-0.25, -0.2) is 4.98 Å². The molecule has 2 aliphatic rings. The zero-order chi connectivity index (χ0) is 17.2. The number of aromatic nitrogens is 2. The van der Waals surface area contributed by atoms with Crippen LogP contribution in [0.5, 0.6) is 5.88 Å². The van der Waals surface area contributed by atoms with E-state index in [-0.39, 0.29) is 17.6 Å². The molecule has 2 fully saturated rings. The zero-order valence-corrected chi connectivity index (χ0v) is 14.8. The minimum Gasteiger partial charge on any atom is -0.473 e. The summed E-state index contributed by atoms with van der Waals surface area (Å²) in [5.41, 5.74) is 0.619. The summed E-state index contributed by atoms with van der Waals surface area (Å²) >= 11 is 0. The molecule has 6 heteroatoms. The quantitative estimate of drug-likeness (QED) is 0.828. The minimum atomic E-state index is -0.229. The number of ether oxygens (including phenoxy) is 2. The Bertz CT molecular complexity index is 585. The van der Waals surface area contributed by atoms with Crippen LogP contribution in [0.2, 0.25) is 0 Å². The molecule has 2 saturated heterocycles. The third kappa shape index (κ3) is 4.04. The molecule has 0 bridgehead atoms. The van der Waals surface area contributed by atoms with E-state index in [0.717, 1.165) is 25.0 Å². The van der Waals surface area contributed by atoms with Gasteiger partial charge < -0.3 is 14.4 Å². The number of amides is 1. The second-order valence-corrected chi connectivity index (χ2v) is 7.45. The van der Waals surface area contributed by atoms with Crippen molar-refractivity contribution in [2.75, 3.05) is 19.7 Å². The molecule has 1 atom stereocenters. The molecule has 1 unspecified atom stereocenters. The van der Waals surface area contributed by atoms with Crippen LogP contribution in [0.1, 0.15) is 45.2 Å². The summed E-state index contributed by atoms with van der Waals surface area (Å²) in [7, 11) is 0. The van der Waals surface area contributed by atoms with Crippen LogP contribution in [-0.2, 0) is 9.53 Å². The Labute approximate surface area is 143 Å². The van der Waals surface area contributed by atoms with Gasteiger partial charge in [-0.3, -0.25) is 9.78 Å². The predicted molar refractivity (Wildman–Crippen MR) is 89.8 cm³/mol. The highest BCUT2D eigenvalue weighted by molar-refractivity contribution is 5.77. The summed E-state index contributed by atoms with van der Waals surface area (Å²) in [5.74, 6) is 1.37. The molecular weight excluding hydrogens is 306 g/mol. The Morgan fingerprint density at radius 1 is 1.46 bits per heavy atom. The van der Waals surface area contributed by atoms with Crippen LogP contribution in [0.25, 0.3) is 0 Å². The summed E-state index contributed by atoms with van der Waals surface area (Å²) in [6, 6.07) is 0. The number of nitrogens with zero attached hydrogens (tertiary/aromatic N) is 3. The second kappa shape index (κ2) is 7.05. The van der Waals surface area contributed by atoms with Gasteiger partial charge in [0, 0.05) is 25.5 Å². The first-order valence-corrected chi connectivity index (χ1v) is 8.83. The van der Waals surface area contributed by atoms with Crippen LogP contribution in [0.3, 0.4) is 0 Å². The number of carbonyl (C=O) groups excluding carboxylic acids is 1. The highest BCUT2D eigenvalue weighted by Crippen LogP contribution is 2.36. The molecule has 0 radical (unpaired) electrons. The predicted octanol–water partition coefficient (Wildman–Crippen LogP) is 2.36. The Balaban J connectivity index is 1.51. The number of aryl methyl sites for hydroxylation is 1.